The molecule has 17 heavy (non-hydrogen) atoms. The molecule has 0 N–H and O–H groups in total. The summed E-state index contributed by atoms with van der Waals surface area (Å²) in [6.45, 7) is 1.87. The zero-order valence-corrected chi connectivity index (χ0v) is 9.97. The van der Waals surface area contributed by atoms with Gasteiger partial charge in [-0.15, -0.1) is 0 Å². The maximum atomic E-state index is 11.9. The highest BCUT2D eigenvalue weighted by atomic mass is 16.5. The van der Waals surface area contributed by atoms with Crippen molar-refractivity contribution in [3.8, 4) is 11.8 Å². The van der Waals surface area contributed by atoms with Gasteiger partial charge in [0.15, 0.2) is 0 Å². The monoisotopic (exact) mass is 233 g/mol. The van der Waals surface area contributed by atoms with E-state index in [1.165, 1.54) is 7.11 Å². The van der Waals surface area contributed by atoms with Gasteiger partial charge in [0.05, 0.1) is 19.6 Å². The Morgan fingerprint density at radius 3 is 2.76 bits per heavy atom. The van der Waals surface area contributed by atoms with Crippen molar-refractivity contribution in [3.63, 3.8) is 0 Å². The van der Waals surface area contributed by atoms with Crippen molar-refractivity contribution in [3.05, 3.63) is 29.8 Å². The molecule has 0 bridgehead atoms. The first kappa shape index (κ1) is 13.0. The van der Waals surface area contributed by atoms with E-state index in [0.717, 1.165) is 0 Å². The SMILES string of the molecule is CC[C@H](CC#N)OC(=O)c1ccccc1OC. The Hall–Kier alpha value is -2.02. The summed E-state index contributed by atoms with van der Waals surface area (Å²) >= 11 is 0. The quantitative estimate of drug-likeness (QED) is 0.733. The van der Waals surface area contributed by atoms with E-state index >= 15 is 0 Å². The number of methoxy groups -OCH3 is 1. The summed E-state index contributed by atoms with van der Waals surface area (Å²) in [5.41, 5.74) is 0.381. The Kier molecular flexibility index (Phi) is 5.02. The van der Waals surface area contributed by atoms with Crippen molar-refractivity contribution in [2.45, 2.75) is 25.9 Å². The number of para-hydroxylation sites is 1. The summed E-state index contributed by atoms with van der Waals surface area (Å²) in [5.74, 6) is 0.0221. The van der Waals surface area contributed by atoms with Crippen LogP contribution in [0.3, 0.4) is 0 Å². The van der Waals surface area contributed by atoms with Gasteiger partial charge in [-0.2, -0.15) is 5.26 Å². The van der Waals surface area contributed by atoms with Crippen LogP contribution >= 0.6 is 0 Å². The van der Waals surface area contributed by atoms with Crippen molar-refractivity contribution in [1.82, 2.24) is 0 Å². The third-order valence-corrected chi connectivity index (χ3v) is 2.37. The molecular weight excluding hydrogens is 218 g/mol. The van der Waals surface area contributed by atoms with Crippen LogP contribution in [0.1, 0.15) is 30.1 Å². The molecule has 0 saturated heterocycles. The van der Waals surface area contributed by atoms with E-state index in [-0.39, 0.29) is 12.5 Å². The minimum absolute atomic E-state index is 0.206. The lowest BCUT2D eigenvalue weighted by Crippen LogP contribution is -2.17. The zero-order valence-electron chi connectivity index (χ0n) is 9.97. The number of benzene rings is 1. The number of hydrogen-bond donors (Lipinski definition) is 0. The van der Waals surface area contributed by atoms with Gasteiger partial charge in [-0.25, -0.2) is 4.79 Å². The number of hydrogen-bond acceptors (Lipinski definition) is 4. The highest BCUT2D eigenvalue weighted by Gasteiger charge is 2.17. The number of carbonyl (C=O) groups excluding carboxylic acids is 1. The number of carbonyl (C=O) groups is 1. The Bertz CT molecular complexity index is 423. The number of nitriles is 1. The van der Waals surface area contributed by atoms with E-state index in [1.807, 2.05) is 13.0 Å². The lowest BCUT2D eigenvalue weighted by Gasteiger charge is -2.14. The molecular formula is C13H15NO3. The van der Waals surface area contributed by atoms with Crippen molar-refractivity contribution >= 4 is 5.97 Å². The van der Waals surface area contributed by atoms with E-state index in [0.29, 0.717) is 17.7 Å². The molecule has 0 aromatic heterocycles. The fourth-order valence-electron chi connectivity index (χ4n) is 1.40. The molecule has 4 nitrogen and oxygen atoms in total. The molecule has 0 heterocycles. The van der Waals surface area contributed by atoms with Gasteiger partial charge in [-0.3, -0.25) is 0 Å². The first-order valence-electron chi connectivity index (χ1n) is 5.43. The lowest BCUT2D eigenvalue weighted by molar-refractivity contribution is 0.0300. The number of esters is 1. The summed E-state index contributed by atoms with van der Waals surface area (Å²) in [7, 11) is 1.50. The maximum Gasteiger partial charge on any atom is 0.342 e. The fourth-order valence-corrected chi connectivity index (χ4v) is 1.40. The second kappa shape index (κ2) is 6.54. The molecule has 0 fully saturated rings. The minimum atomic E-state index is -0.454. The van der Waals surface area contributed by atoms with Gasteiger partial charge < -0.3 is 9.47 Å². The summed E-state index contributed by atoms with van der Waals surface area (Å²) in [4.78, 5) is 11.9. The predicted molar refractivity (Wildman–Crippen MR) is 62.7 cm³/mol. The van der Waals surface area contributed by atoms with E-state index in [1.54, 1.807) is 24.3 Å². The Balaban J connectivity index is 2.79. The predicted octanol–water partition coefficient (Wildman–Crippen LogP) is 2.54. The summed E-state index contributed by atoms with van der Waals surface area (Å²) < 4.78 is 10.3. The second-order valence-electron chi connectivity index (χ2n) is 3.50. The summed E-state index contributed by atoms with van der Waals surface area (Å²) in [6, 6.07) is 8.85. The number of nitrogens with zero attached hydrogens (tertiary/aromatic N) is 1. The van der Waals surface area contributed by atoms with Crippen LogP contribution in [-0.2, 0) is 4.74 Å². The van der Waals surface area contributed by atoms with E-state index < -0.39 is 5.97 Å². The van der Waals surface area contributed by atoms with Crippen LogP contribution < -0.4 is 4.74 Å². The highest BCUT2D eigenvalue weighted by Crippen LogP contribution is 2.19. The molecule has 0 aliphatic heterocycles. The Morgan fingerprint density at radius 2 is 2.18 bits per heavy atom. The molecule has 0 radical (unpaired) electrons. The van der Waals surface area contributed by atoms with Crippen LogP contribution in [-0.4, -0.2) is 19.2 Å². The van der Waals surface area contributed by atoms with Gasteiger partial charge in [0.25, 0.3) is 0 Å². The first-order valence-corrected chi connectivity index (χ1v) is 5.43. The molecule has 1 atom stereocenters. The van der Waals surface area contributed by atoms with Crippen LogP contribution in [0, 0.1) is 11.3 Å². The van der Waals surface area contributed by atoms with Crippen LogP contribution in [0.5, 0.6) is 5.75 Å². The topological polar surface area (TPSA) is 59.3 Å². The molecule has 0 spiro atoms. The fraction of sp³-hybridized carbons (Fsp3) is 0.385. The van der Waals surface area contributed by atoms with Gasteiger partial charge in [-0.05, 0) is 18.6 Å². The standard InChI is InChI=1S/C13H15NO3/c1-3-10(8-9-14)17-13(15)11-6-4-5-7-12(11)16-2/h4-7,10H,3,8H2,1-2H3/t10-/m1/s1. The zero-order chi connectivity index (χ0) is 12.7. The maximum absolute atomic E-state index is 11.9. The molecule has 1 aromatic rings. The van der Waals surface area contributed by atoms with Gasteiger partial charge in [0.2, 0.25) is 0 Å². The van der Waals surface area contributed by atoms with Crippen molar-refractivity contribution in [2.75, 3.05) is 7.11 Å². The van der Waals surface area contributed by atoms with E-state index in [9.17, 15) is 4.79 Å². The molecule has 1 aromatic carbocycles. The normalized spacial score (nSPS) is 11.4. The van der Waals surface area contributed by atoms with Crippen LogP contribution in [0.15, 0.2) is 24.3 Å². The van der Waals surface area contributed by atoms with Gasteiger partial charge >= 0.3 is 5.97 Å². The van der Waals surface area contributed by atoms with E-state index in [2.05, 4.69) is 0 Å². The van der Waals surface area contributed by atoms with E-state index in [4.69, 9.17) is 14.7 Å². The molecule has 0 aliphatic rings. The van der Waals surface area contributed by atoms with Gasteiger partial charge in [-0.1, -0.05) is 19.1 Å². The molecule has 1 rings (SSSR count). The molecule has 90 valence electrons. The summed E-state index contributed by atoms with van der Waals surface area (Å²) in [6.07, 6.45) is 0.462. The largest absolute Gasteiger partial charge is 0.496 e. The lowest BCUT2D eigenvalue weighted by atomic mass is 10.2. The molecule has 0 unspecified atom stereocenters. The van der Waals surface area contributed by atoms with Crippen LogP contribution in [0.2, 0.25) is 0 Å². The number of rotatable bonds is 5. The van der Waals surface area contributed by atoms with Gasteiger partial charge in [0, 0.05) is 0 Å². The molecule has 0 saturated carbocycles. The van der Waals surface area contributed by atoms with Crippen molar-refractivity contribution < 1.29 is 14.3 Å². The molecule has 4 heteroatoms. The average Bonchev–Trinajstić information content (AvgIpc) is 2.38. The average molecular weight is 233 g/mol. The van der Waals surface area contributed by atoms with Crippen LogP contribution in [0.25, 0.3) is 0 Å². The Labute approximate surface area is 101 Å². The third-order valence-electron chi connectivity index (χ3n) is 2.37. The molecule has 0 amide bonds. The summed E-state index contributed by atoms with van der Waals surface area (Å²) in [5, 5.41) is 8.59. The minimum Gasteiger partial charge on any atom is -0.496 e. The highest BCUT2D eigenvalue weighted by molar-refractivity contribution is 5.92. The smallest absolute Gasteiger partial charge is 0.342 e. The number of ether oxygens (including phenoxy) is 2. The van der Waals surface area contributed by atoms with Crippen molar-refractivity contribution in [1.29, 1.82) is 5.26 Å². The van der Waals surface area contributed by atoms with Crippen LogP contribution in [0.4, 0.5) is 0 Å². The van der Waals surface area contributed by atoms with Gasteiger partial charge in [0.1, 0.15) is 17.4 Å². The second-order valence-corrected chi connectivity index (χ2v) is 3.50. The Morgan fingerprint density at radius 1 is 1.47 bits per heavy atom. The molecule has 0 aliphatic carbocycles. The van der Waals surface area contributed by atoms with Crippen molar-refractivity contribution in [2.24, 2.45) is 0 Å². The first-order chi connectivity index (χ1) is 8.22. The third kappa shape index (κ3) is 3.49.